The molecule has 0 fully saturated rings. The highest BCUT2D eigenvalue weighted by Crippen LogP contribution is 2.48. The second kappa shape index (κ2) is 33.7. The molecule has 0 atom stereocenters. The van der Waals surface area contributed by atoms with Gasteiger partial charge in [0.1, 0.15) is 23.0 Å². The van der Waals surface area contributed by atoms with E-state index in [0.717, 1.165) is 44.5 Å². The standard InChI is InChI=1S/C48H50O10S.C43H40O8S2/c1-47(2,31-11-23-39(51-5)43(27-31)53-7)33-13-25-41(45(29-33)55-9)57-35-15-19-37(20-16-35)59(49,50)38-21-17-36(18-22-38)58-42-26-14-34(30-46(42)56-10)48(3,4)32-12-24-40(52-6)44(28-32)54-8;1-29-10-19-34(20-11-29)52(44,45)36-23-15-32(16-24-36)50-39-27-14-31(28-41(39)49-6)43(3,4)38-8-7-9-40(48-5)42(38)51-33-17-25-37(26-18-33)53(46,47)35-21-12-30(2)13-22-35/h11-30H,1-10H3;7-28H,1-6H3. The van der Waals surface area contributed by atoms with Crippen LogP contribution in [0.2, 0.25) is 0 Å². The number of hydrogen-bond donors (Lipinski definition) is 0. The van der Waals surface area contributed by atoms with E-state index in [2.05, 4.69) is 27.7 Å². The first-order chi connectivity index (χ1) is 53.4. The monoisotopic (exact) mass is 1570 g/mol. The van der Waals surface area contributed by atoms with Crippen molar-refractivity contribution in [3.8, 4) is 92.0 Å². The van der Waals surface area contributed by atoms with E-state index >= 15 is 0 Å². The van der Waals surface area contributed by atoms with Crippen molar-refractivity contribution >= 4 is 29.5 Å². The number of aryl methyl sites for hydroxylation is 2. The number of ether oxygens (including phenoxy) is 12. The Kier molecular flexibility index (Phi) is 24.4. The summed E-state index contributed by atoms with van der Waals surface area (Å²) in [5, 5.41) is 0. The molecule has 0 radical (unpaired) electrons. The van der Waals surface area contributed by atoms with E-state index in [1.807, 2.05) is 125 Å². The topological polar surface area (TPSA) is 213 Å². The van der Waals surface area contributed by atoms with E-state index in [0.29, 0.717) is 92.0 Å². The van der Waals surface area contributed by atoms with E-state index in [-0.39, 0.29) is 29.4 Å². The number of para-hydroxylation sites is 1. The Morgan fingerprint density at radius 1 is 0.223 bits per heavy atom. The Hall–Kier alpha value is -11.9. The molecule has 0 heterocycles. The van der Waals surface area contributed by atoms with Crippen LogP contribution >= 0.6 is 0 Å². The van der Waals surface area contributed by atoms with Crippen LogP contribution in [0.25, 0.3) is 0 Å². The quantitative estimate of drug-likeness (QED) is 0.0446. The van der Waals surface area contributed by atoms with E-state index in [9.17, 15) is 25.3 Å². The van der Waals surface area contributed by atoms with Crippen LogP contribution in [0.4, 0.5) is 0 Å². The smallest absolute Gasteiger partial charge is 0.206 e. The maximum atomic E-state index is 13.7. The Labute approximate surface area is 656 Å². The zero-order chi connectivity index (χ0) is 80.5. The average molecular weight is 1570 g/mol. The van der Waals surface area contributed by atoms with Crippen molar-refractivity contribution in [1.82, 2.24) is 0 Å². The lowest BCUT2D eigenvalue weighted by atomic mass is 9.77. The molecule has 0 N–H and O–H groups in total. The van der Waals surface area contributed by atoms with Gasteiger partial charge in [0.25, 0.3) is 0 Å². The van der Waals surface area contributed by atoms with Crippen molar-refractivity contribution in [3.63, 3.8) is 0 Å². The molecule has 0 amide bonds. The molecule has 580 valence electrons. The predicted molar refractivity (Wildman–Crippen MR) is 432 cm³/mol. The minimum Gasteiger partial charge on any atom is -0.493 e. The summed E-state index contributed by atoms with van der Waals surface area (Å²) in [6, 6.07) is 73.2. The van der Waals surface area contributed by atoms with Crippen LogP contribution in [0, 0.1) is 13.8 Å². The van der Waals surface area contributed by atoms with Crippen LogP contribution in [0.1, 0.15) is 86.1 Å². The summed E-state index contributed by atoms with van der Waals surface area (Å²) in [4.78, 5) is 1.01. The molecule has 0 saturated carbocycles. The zero-order valence-electron chi connectivity index (χ0n) is 65.3. The maximum Gasteiger partial charge on any atom is 0.206 e. The molecular weight excluding hydrogens is 1480 g/mol. The molecule has 21 heteroatoms. The second-order valence-corrected chi connectivity index (χ2v) is 33.7. The summed E-state index contributed by atoms with van der Waals surface area (Å²) in [6.07, 6.45) is 0. The highest BCUT2D eigenvalue weighted by Gasteiger charge is 2.33. The SMILES string of the molecule is COc1cc(C(C)(C)c2cccc(OC)c2Oc2ccc(S(=O)(=O)c3ccc(C)cc3)cc2)ccc1Oc1ccc(S(=O)(=O)c2ccc(C)cc2)cc1.COc1ccc(C(C)(C)c2ccc(Oc3ccc(S(=O)(=O)c4ccc(Oc5ccc(C(C)(C)c6ccc(OC)c(OC)c6)cc5OC)cc4)cc3)c(OC)c2)cc1OC. The van der Waals surface area contributed by atoms with Gasteiger partial charge >= 0.3 is 0 Å². The highest BCUT2D eigenvalue weighted by atomic mass is 32.2. The van der Waals surface area contributed by atoms with Gasteiger partial charge in [-0.2, -0.15) is 0 Å². The Bertz CT molecular complexity index is 5520. The summed E-state index contributed by atoms with van der Waals surface area (Å²) in [6.45, 7) is 16.4. The number of hydrogen-bond acceptors (Lipinski definition) is 18. The molecule has 12 rings (SSSR count). The molecular formula is C91H90O18S3. The normalized spacial score (nSPS) is 11.8. The van der Waals surface area contributed by atoms with Crippen molar-refractivity contribution in [3.05, 3.63) is 299 Å². The first-order valence-electron chi connectivity index (χ1n) is 35.6. The first kappa shape index (κ1) is 81.1. The lowest BCUT2D eigenvalue weighted by molar-refractivity contribution is 0.353. The Morgan fingerprint density at radius 2 is 0.446 bits per heavy atom. The average Bonchev–Trinajstić information content (AvgIpc) is 0.737. The summed E-state index contributed by atoms with van der Waals surface area (Å²) >= 11 is 0. The van der Waals surface area contributed by atoms with Crippen LogP contribution in [-0.4, -0.2) is 82.1 Å². The molecule has 0 aliphatic rings. The van der Waals surface area contributed by atoms with Gasteiger partial charge in [-0.3, -0.25) is 0 Å². The third-order valence-corrected chi connectivity index (χ3v) is 25.2. The van der Waals surface area contributed by atoms with Crippen molar-refractivity contribution in [2.24, 2.45) is 0 Å². The molecule has 0 aromatic heterocycles. The third kappa shape index (κ3) is 17.3. The number of rotatable bonds is 28. The molecule has 0 saturated heterocycles. The molecule has 0 spiro atoms. The predicted octanol–water partition coefficient (Wildman–Crippen LogP) is 20.7. The van der Waals surface area contributed by atoms with Crippen LogP contribution in [0.15, 0.2) is 284 Å². The molecule has 18 nitrogen and oxygen atoms in total. The van der Waals surface area contributed by atoms with Crippen molar-refractivity contribution in [1.29, 1.82) is 0 Å². The number of benzene rings is 12. The summed E-state index contributed by atoms with van der Waals surface area (Å²) < 4.78 is 150. The Balaban J connectivity index is 0.000000223. The van der Waals surface area contributed by atoms with Gasteiger partial charge < -0.3 is 56.8 Å². The molecule has 0 bridgehead atoms. The first-order valence-corrected chi connectivity index (χ1v) is 40.1. The van der Waals surface area contributed by atoms with Gasteiger partial charge in [-0.1, -0.05) is 119 Å². The minimum absolute atomic E-state index is 0.117. The van der Waals surface area contributed by atoms with Crippen molar-refractivity contribution in [2.45, 2.75) is 101 Å². The van der Waals surface area contributed by atoms with Crippen LogP contribution in [0.5, 0.6) is 92.0 Å². The molecule has 0 aliphatic carbocycles. The van der Waals surface area contributed by atoms with Gasteiger partial charge in [-0.15, -0.1) is 0 Å². The van der Waals surface area contributed by atoms with Gasteiger partial charge in [-0.05, 0) is 230 Å². The van der Waals surface area contributed by atoms with Gasteiger partial charge in [0.15, 0.2) is 69.0 Å². The van der Waals surface area contributed by atoms with Crippen LogP contribution in [0.3, 0.4) is 0 Å². The fraction of sp³-hybridized carbons (Fsp3) is 0.209. The van der Waals surface area contributed by atoms with E-state index < -0.39 is 45.8 Å². The van der Waals surface area contributed by atoms with Gasteiger partial charge in [0.05, 0.1) is 86.3 Å². The van der Waals surface area contributed by atoms with Gasteiger partial charge in [0.2, 0.25) is 29.5 Å². The zero-order valence-corrected chi connectivity index (χ0v) is 67.8. The summed E-state index contributed by atoms with van der Waals surface area (Å²) in [5.41, 5.74) is 6.25. The van der Waals surface area contributed by atoms with E-state index in [1.54, 1.807) is 166 Å². The molecule has 12 aromatic carbocycles. The molecule has 12 aromatic rings. The Morgan fingerprint density at radius 3 is 0.705 bits per heavy atom. The van der Waals surface area contributed by atoms with Crippen molar-refractivity contribution in [2.75, 3.05) is 56.9 Å². The maximum absolute atomic E-state index is 13.7. The van der Waals surface area contributed by atoms with E-state index in [4.69, 9.17) is 56.8 Å². The molecule has 112 heavy (non-hydrogen) atoms. The second-order valence-electron chi connectivity index (χ2n) is 27.9. The lowest BCUT2D eigenvalue weighted by Gasteiger charge is -2.29. The summed E-state index contributed by atoms with van der Waals surface area (Å²) in [7, 11) is 1.49. The van der Waals surface area contributed by atoms with Crippen LogP contribution in [-0.2, 0) is 45.8 Å². The highest BCUT2D eigenvalue weighted by molar-refractivity contribution is 7.92. The van der Waals surface area contributed by atoms with Crippen molar-refractivity contribution < 1.29 is 82.1 Å². The number of sulfone groups is 3. The molecule has 0 aliphatic heterocycles. The fourth-order valence-corrected chi connectivity index (χ4v) is 16.5. The van der Waals surface area contributed by atoms with Gasteiger partial charge in [0, 0.05) is 21.8 Å². The minimum atomic E-state index is -3.85. The lowest BCUT2D eigenvalue weighted by Crippen LogP contribution is -2.20. The fourth-order valence-electron chi connectivity index (χ4n) is 12.7. The third-order valence-electron chi connectivity index (χ3n) is 19.8. The summed E-state index contributed by atoms with van der Waals surface area (Å²) in [5.74, 6) is 8.32. The molecule has 0 unspecified atom stereocenters. The van der Waals surface area contributed by atoms with E-state index in [1.165, 1.54) is 48.5 Å². The van der Waals surface area contributed by atoms with Gasteiger partial charge in [-0.25, -0.2) is 25.3 Å². The largest absolute Gasteiger partial charge is 0.493 e. The number of methoxy groups -OCH3 is 8. The van der Waals surface area contributed by atoms with Crippen LogP contribution < -0.4 is 56.8 Å².